The number of carbonyl (C=O) groups is 3. The Morgan fingerprint density at radius 2 is 1.96 bits per heavy atom. The van der Waals surface area contributed by atoms with Gasteiger partial charge in [0.25, 0.3) is 0 Å². The number of hydrogen-bond acceptors (Lipinski definition) is 4. The van der Waals surface area contributed by atoms with Crippen molar-refractivity contribution in [1.29, 1.82) is 0 Å². The Hall–Kier alpha value is -1.69. The number of amides is 2. The van der Waals surface area contributed by atoms with Gasteiger partial charge in [-0.2, -0.15) is 11.3 Å². The average Bonchev–Trinajstić information content (AvgIpc) is 3.34. The third kappa shape index (κ3) is 8.24. The van der Waals surface area contributed by atoms with E-state index in [9.17, 15) is 14.4 Å². The Labute approximate surface area is 166 Å². The van der Waals surface area contributed by atoms with Crippen LogP contribution in [0.2, 0.25) is 0 Å². The number of nitrogens with one attached hydrogen (secondary N) is 2. The molecule has 0 radical (unpaired) electrons. The zero-order chi connectivity index (χ0) is 19.5. The van der Waals surface area contributed by atoms with E-state index in [1.165, 1.54) is 0 Å². The van der Waals surface area contributed by atoms with E-state index in [2.05, 4.69) is 10.6 Å². The molecule has 0 unspecified atom stereocenters. The number of carbonyl (C=O) groups excluding carboxylic acids is 3. The molecule has 6 heteroatoms. The highest BCUT2D eigenvalue weighted by molar-refractivity contribution is 7.08. The molecule has 1 heterocycles. The molecule has 1 fully saturated rings. The van der Waals surface area contributed by atoms with Gasteiger partial charge in [0, 0.05) is 18.9 Å². The van der Waals surface area contributed by atoms with Crippen molar-refractivity contribution in [3.05, 3.63) is 22.4 Å². The van der Waals surface area contributed by atoms with Gasteiger partial charge in [-0.15, -0.1) is 0 Å². The fraction of sp³-hybridized carbons (Fsp3) is 0.667. The molecule has 1 aromatic rings. The molecule has 2 N–H and O–H groups in total. The lowest BCUT2D eigenvalue weighted by atomic mass is 10.0. The molecule has 1 atom stereocenters. The van der Waals surface area contributed by atoms with Crippen LogP contribution in [0.5, 0.6) is 0 Å². The summed E-state index contributed by atoms with van der Waals surface area (Å²) in [6.07, 6.45) is 9.09. The largest absolute Gasteiger partial charge is 0.352 e. The zero-order valence-electron chi connectivity index (χ0n) is 16.3. The monoisotopic (exact) mass is 392 g/mol. The quantitative estimate of drug-likeness (QED) is 0.532. The molecule has 2 rings (SSSR count). The summed E-state index contributed by atoms with van der Waals surface area (Å²) in [4.78, 5) is 36.4. The van der Waals surface area contributed by atoms with Crippen molar-refractivity contribution in [3.63, 3.8) is 0 Å². The minimum absolute atomic E-state index is 0.0646. The lowest BCUT2D eigenvalue weighted by Gasteiger charge is -2.21. The van der Waals surface area contributed by atoms with Crippen molar-refractivity contribution in [3.8, 4) is 0 Å². The second kappa shape index (κ2) is 11.9. The van der Waals surface area contributed by atoms with E-state index in [0.29, 0.717) is 25.7 Å². The lowest BCUT2D eigenvalue weighted by Crippen LogP contribution is -2.49. The number of ketones is 1. The zero-order valence-corrected chi connectivity index (χ0v) is 17.1. The van der Waals surface area contributed by atoms with Crippen LogP contribution < -0.4 is 10.6 Å². The molecule has 1 aliphatic rings. The molecule has 5 nitrogen and oxygen atoms in total. The standard InChI is InChI=1S/C21H32N2O3S/c1-2-18(24)10-4-3-5-11-19(21(26)22-17-8-6-7-9-17)23-20(25)14-16-12-13-27-15-16/h12-13,15,17,19H,2-11,14H2,1H3,(H,22,26)(H,23,25)/t19-/m0/s1. The van der Waals surface area contributed by atoms with Crippen LogP contribution in [0.3, 0.4) is 0 Å². The van der Waals surface area contributed by atoms with Gasteiger partial charge in [0.15, 0.2) is 0 Å². The molecular formula is C21H32N2O3S. The highest BCUT2D eigenvalue weighted by Gasteiger charge is 2.24. The topological polar surface area (TPSA) is 75.3 Å². The van der Waals surface area contributed by atoms with E-state index in [-0.39, 0.29) is 23.6 Å². The fourth-order valence-corrected chi connectivity index (χ4v) is 4.16. The summed E-state index contributed by atoms with van der Waals surface area (Å²) in [5, 5.41) is 9.94. The highest BCUT2D eigenvalue weighted by Crippen LogP contribution is 2.18. The minimum atomic E-state index is -0.487. The van der Waals surface area contributed by atoms with Gasteiger partial charge in [-0.25, -0.2) is 0 Å². The Morgan fingerprint density at radius 3 is 2.63 bits per heavy atom. The number of unbranched alkanes of at least 4 members (excludes halogenated alkanes) is 2. The van der Waals surface area contributed by atoms with Crippen LogP contribution in [0.15, 0.2) is 16.8 Å². The molecule has 0 spiro atoms. The van der Waals surface area contributed by atoms with Crippen molar-refractivity contribution in [2.24, 2.45) is 0 Å². The summed E-state index contributed by atoms with van der Waals surface area (Å²) in [6, 6.07) is 1.69. The second-order valence-electron chi connectivity index (χ2n) is 7.41. The van der Waals surface area contributed by atoms with Crippen LogP contribution in [-0.4, -0.2) is 29.7 Å². The highest BCUT2D eigenvalue weighted by atomic mass is 32.1. The van der Waals surface area contributed by atoms with E-state index in [4.69, 9.17) is 0 Å². The van der Waals surface area contributed by atoms with Gasteiger partial charge >= 0.3 is 0 Å². The molecule has 0 aliphatic heterocycles. The average molecular weight is 393 g/mol. The summed E-state index contributed by atoms with van der Waals surface area (Å²) < 4.78 is 0. The summed E-state index contributed by atoms with van der Waals surface area (Å²) in [6.45, 7) is 1.88. The van der Waals surface area contributed by atoms with E-state index >= 15 is 0 Å². The third-order valence-corrected chi connectivity index (χ3v) is 5.87. The van der Waals surface area contributed by atoms with Gasteiger partial charge in [-0.3, -0.25) is 14.4 Å². The maximum atomic E-state index is 12.7. The molecule has 1 saturated carbocycles. The van der Waals surface area contributed by atoms with Crippen molar-refractivity contribution < 1.29 is 14.4 Å². The first-order valence-corrected chi connectivity index (χ1v) is 11.1. The van der Waals surface area contributed by atoms with Crippen LogP contribution >= 0.6 is 11.3 Å². The minimum Gasteiger partial charge on any atom is -0.352 e. The lowest BCUT2D eigenvalue weighted by molar-refractivity contribution is -0.129. The van der Waals surface area contributed by atoms with E-state index in [1.807, 2.05) is 23.8 Å². The summed E-state index contributed by atoms with van der Waals surface area (Å²) >= 11 is 1.56. The van der Waals surface area contributed by atoms with Gasteiger partial charge in [0.2, 0.25) is 11.8 Å². The molecule has 27 heavy (non-hydrogen) atoms. The predicted molar refractivity (Wildman–Crippen MR) is 109 cm³/mol. The van der Waals surface area contributed by atoms with Crippen molar-refractivity contribution in [2.75, 3.05) is 0 Å². The van der Waals surface area contributed by atoms with Crippen LogP contribution in [0.25, 0.3) is 0 Å². The Kier molecular flexibility index (Phi) is 9.53. The van der Waals surface area contributed by atoms with Crippen LogP contribution in [0.1, 0.15) is 76.7 Å². The smallest absolute Gasteiger partial charge is 0.242 e. The fourth-order valence-electron chi connectivity index (χ4n) is 3.49. The first kappa shape index (κ1) is 21.6. The summed E-state index contributed by atoms with van der Waals surface area (Å²) in [7, 11) is 0. The molecular weight excluding hydrogens is 360 g/mol. The Balaban J connectivity index is 1.81. The van der Waals surface area contributed by atoms with E-state index < -0.39 is 6.04 Å². The molecule has 1 aromatic heterocycles. The molecule has 150 valence electrons. The van der Waals surface area contributed by atoms with Crippen LogP contribution in [0, 0.1) is 0 Å². The van der Waals surface area contributed by atoms with Crippen molar-refractivity contribution >= 4 is 28.9 Å². The first-order valence-electron chi connectivity index (χ1n) is 10.2. The molecule has 2 amide bonds. The maximum absolute atomic E-state index is 12.7. The SMILES string of the molecule is CCC(=O)CCCCC[C@H](NC(=O)Cc1ccsc1)C(=O)NC1CCCC1. The molecule has 1 aliphatic carbocycles. The molecule has 0 bridgehead atoms. The predicted octanol–water partition coefficient (Wildman–Crippen LogP) is 3.76. The van der Waals surface area contributed by atoms with Gasteiger partial charge in [-0.05, 0) is 48.1 Å². The third-order valence-electron chi connectivity index (χ3n) is 5.14. The first-order chi connectivity index (χ1) is 13.1. The number of hydrogen-bond donors (Lipinski definition) is 2. The maximum Gasteiger partial charge on any atom is 0.242 e. The summed E-state index contributed by atoms with van der Waals surface area (Å²) in [5.74, 6) is 0.112. The van der Waals surface area contributed by atoms with E-state index in [0.717, 1.165) is 50.5 Å². The van der Waals surface area contributed by atoms with Gasteiger partial charge in [0.05, 0.1) is 6.42 Å². The Bertz CT molecular complexity index is 595. The van der Waals surface area contributed by atoms with Crippen molar-refractivity contribution in [1.82, 2.24) is 10.6 Å². The number of rotatable bonds is 12. The number of thiophene rings is 1. The van der Waals surface area contributed by atoms with E-state index in [1.54, 1.807) is 11.3 Å². The molecule has 0 aromatic carbocycles. The summed E-state index contributed by atoms with van der Waals surface area (Å²) in [5.41, 5.74) is 0.977. The van der Waals surface area contributed by atoms with Gasteiger partial charge < -0.3 is 10.6 Å². The van der Waals surface area contributed by atoms with Crippen molar-refractivity contribution in [2.45, 2.75) is 89.6 Å². The second-order valence-corrected chi connectivity index (χ2v) is 8.19. The van der Waals surface area contributed by atoms with Crippen LogP contribution in [-0.2, 0) is 20.8 Å². The normalized spacial score (nSPS) is 15.4. The Morgan fingerprint density at radius 1 is 1.19 bits per heavy atom. The van der Waals surface area contributed by atoms with Crippen LogP contribution in [0.4, 0.5) is 0 Å². The number of Topliss-reactive ketones (excluding diaryl/α,β-unsaturated/α-hetero) is 1. The van der Waals surface area contributed by atoms with Gasteiger partial charge in [0.1, 0.15) is 11.8 Å². The van der Waals surface area contributed by atoms with Gasteiger partial charge in [-0.1, -0.05) is 32.6 Å². The molecule has 0 saturated heterocycles.